The van der Waals surface area contributed by atoms with Crippen LogP contribution in [0.15, 0.2) is 40.9 Å². The van der Waals surface area contributed by atoms with E-state index in [1.165, 1.54) is 16.7 Å². The molecule has 1 unspecified atom stereocenters. The lowest BCUT2D eigenvalue weighted by atomic mass is 9.96. The van der Waals surface area contributed by atoms with Gasteiger partial charge in [0, 0.05) is 4.47 Å². The zero-order chi connectivity index (χ0) is 14.1. The van der Waals surface area contributed by atoms with Crippen molar-refractivity contribution >= 4 is 27.5 Å². The maximum absolute atomic E-state index is 6.42. The summed E-state index contributed by atoms with van der Waals surface area (Å²) in [6.45, 7) is 1.42. The number of fused-ring (bicyclic) bond motifs is 1. The van der Waals surface area contributed by atoms with E-state index in [0.29, 0.717) is 6.61 Å². The Morgan fingerprint density at radius 1 is 1.20 bits per heavy atom. The Bertz CT molecular complexity index is 644. The van der Waals surface area contributed by atoms with Gasteiger partial charge < -0.3 is 10.1 Å². The molecule has 0 aliphatic carbocycles. The molecule has 0 fully saturated rings. The predicted molar refractivity (Wildman–Crippen MR) is 85.0 cm³/mol. The molecule has 3 rings (SSSR count). The lowest BCUT2D eigenvalue weighted by molar-refractivity contribution is 0.134. The Balaban J connectivity index is 2.03. The van der Waals surface area contributed by atoms with Crippen LogP contribution in [0.1, 0.15) is 28.3 Å². The molecule has 0 spiro atoms. The highest BCUT2D eigenvalue weighted by Crippen LogP contribution is 2.34. The topological polar surface area (TPSA) is 21.3 Å². The highest BCUT2D eigenvalue weighted by atomic mass is 79.9. The van der Waals surface area contributed by atoms with Gasteiger partial charge in [-0.1, -0.05) is 41.9 Å². The summed E-state index contributed by atoms with van der Waals surface area (Å²) >= 11 is 9.91. The zero-order valence-corrected chi connectivity index (χ0v) is 13.5. The Hall–Kier alpha value is -0.870. The summed E-state index contributed by atoms with van der Waals surface area (Å²) in [7, 11) is 1.95. The first-order valence-corrected chi connectivity index (χ1v) is 7.68. The second-order valence-corrected chi connectivity index (χ2v) is 6.12. The van der Waals surface area contributed by atoms with Gasteiger partial charge in [-0.15, -0.1) is 0 Å². The molecule has 104 valence electrons. The van der Waals surface area contributed by atoms with E-state index < -0.39 is 0 Å². The Morgan fingerprint density at radius 2 is 2.00 bits per heavy atom. The summed E-state index contributed by atoms with van der Waals surface area (Å²) < 4.78 is 6.40. The molecule has 2 aromatic carbocycles. The maximum atomic E-state index is 6.42. The SMILES string of the molecule is CNC(c1ccc2c(c1)COC2)c1cccc(Br)c1Cl. The molecule has 1 N–H and O–H groups in total. The average Bonchev–Trinajstić information content (AvgIpc) is 2.92. The van der Waals surface area contributed by atoms with Crippen LogP contribution in [0.25, 0.3) is 0 Å². The fourth-order valence-electron chi connectivity index (χ4n) is 2.62. The molecule has 0 saturated carbocycles. The quantitative estimate of drug-likeness (QED) is 0.881. The number of ether oxygens (including phenoxy) is 1. The molecule has 1 aliphatic rings. The van der Waals surface area contributed by atoms with Crippen molar-refractivity contribution in [3.63, 3.8) is 0 Å². The standard InChI is InChI=1S/C16H15BrClNO/c1-19-16(13-3-2-4-14(17)15(13)18)10-5-6-11-8-20-9-12(11)7-10/h2-7,16,19H,8-9H2,1H3. The van der Waals surface area contributed by atoms with E-state index >= 15 is 0 Å². The van der Waals surface area contributed by atoms with E-state index in [1.54, 1.807) is 0 Å². The van der Waals surface area contributed by atoms with Gasteiger partial charge in [0.25, 0.3) is 0 Å². The van der Waals surface area contributed by atoms with Crippen molar-refractivity contribution in [1.29, 1.82) is 0 Å². The number of hydrogen-bond acceptors (Lipinski definition) is 2. The molecule has 0 bridgehead atoms. The molecular weight excluding hydrogens is 338 g/mol. The minimum atomic E-state index is 0.0749. The molecule has 0 radical (unpaired) electrons. The van der Waals surface area contributed by atoms with Gasteiger partial charge in [-0.25, -0.2) is 0 Å². The van der Waals surface area contributed by atoms with Gasteiger partial charge in [0.05, 0.1) is 24.3 Å². The Kier molecular flexibility index (Phi) is 4.13. The van der Waals surface area contributed by atoms with Crippen molar-refractivity contribution in [1.82, 2.24) is 5.32 Å². The molecule has 1 heterocycles. The van der Waals surface area contributed by atoms with E-state index in [4.69, 9.17) is 16.3 Å². The first-order valence-electron chi connectivity index (χ1n) is 6.51. The number of hydrogen-bond donors (Lipinski definition) is 1. The van der Waals surface area contributed by atoms with Crippen LogP contribution in [-0.4, -0.2) is 7.05 Å². The Morgan fingerprint density at radius 3 is 2.80 bits per heavy atom. The van der Waals surface area contributed by atoms with E-state index in [1.807, 2.05) is 19.2 Å². The molecule has 1 aliphatic heterocycles. The van der Waals surface area contributed by atoms with Crippen molar-refractivity contribution in [2.24, 2.45) is 0 Å². The molecule has 4 heteroatoms. The second kappa shape index (κ2) is 5.86. The fourth-order valence-corrected chi connectivity index (χ4v) is 3.23. The molecule has 2 aromatic rings. The lowest BCUT2D eigenvalue weighted by Crippen LogP contribution is -2.18. The molecule has 20 heavy (non-hydrogen) atoms. The van der Waals surface area contributed by atoms with Gasteiger partial charge in [-0.05, 0) is 51.3 Å². The van der Waals surface area contributed by atoms with Crippen molar-refractivity contribution in [3.8, 4) is 0 Å². The summed E-state index contributed by atoms with van der Waals surface area (Å²) in [4.78, 5) is 0. The molecular formula is C16H15BrClNO. The molecule has 0 saturated heterocycles. The molecule has 1 atom stereocenters. The van der Waals surface area contributed by atoms with Crippen molar-refractivity contribution in [2.45, 2.75) is 19.3 Å². The van der Waals surface area contributed by atoms with E-state index in [0.717, 1.165) is 21.7 Å². The van der Waals surface area contributed by atoms with Gasteiger partial charge in [0.1, 0.15) is 0 Å². The van der Waals surface area contributed by atoms with Crippen LogP contribution in [0.3, 0.4) is 0 Å². The lowest BCUT2D eigenvalue weighted by Gasteiger charge is -2.20. The van der Waals surface area contributed by atoms with Gasteiger partial charge in [0.15, 0.2) is 0 Å². The maximum Gasteiger partial charge on any atom is 0.0725 e. The fraction of sp³-hybridized carbons (Fsp3) is 0.250. The van der Waals surface area contributed by atoms with Crippen LogP contribution in [0.2, 0.25) is 5.02 Å². The number of rotatable bonds is 3. The first kappa shape index (κ1) is 14.1. The number of halogens is 2. The minimum absolute atomic E-state index is 0.0749. The largest absolute Gasteiger partial charge is 0.372 e. The second-order valence-electron chi connectivity index (χ2n) is 4.89. The first-order chi connectivity index (χ1) is 9.70. The molecule has 0 aromatic heterocycles. The van der Waals surface area contributed by atoms with Crippen molar-refractivity contribution in [3.05, 3.63) is 68.1 Å². The van der Waals surface area contributed by atoms with E-state index in [9.17, 15) is 0 Å². The van der Waals surface area contributed by atoms with E-state index in [2.05, 4.69) is 45.5 Å². The van der Waals surface area contributed by atoms with Crippen LogP contribution in [-0.2, 0) is 18.0 Å². The monoisotopic (exact) mass is 351 g/mol. The van der Waals surface area contributed by atoms with Gasteiger partial charge in [-0.2, -0.15) is 0 Å². The van der Waals surface area contributed by atoms with Gasteiger partial charge in [0.2, 0.25) is 0 Å². The average molecular weight is 353 g/mol. The summed E-state index contributed by atoms with van der Waals surface area (Å²) in [5, 5.41) is 4.10. The van der Waals surface area contributed by atoms with E-state index in [-0.39, 0.29) is 6.04 Å². The summed E-state index contributed by atoms with van der Waals surface area (Å²) in [6.07, 6.45) is 0. The summed E-state index contributed by atoms with van der Waals surface area (Å²) in [5.74, 6) is 0. The highest BCUT2D eigenvalue weighted by Gasteiger charge is 2.19. The highest BCUT2D eigenvalue weighted by molar-refractivity contribution is 9.10. The van der Waals surface area contributed by atoms with Crippen LogP contribution < -0.4 is 5.32 Å². The third-order valence-electron chi connectivity index (χ3n) is 3.66. The number of nitrogens with one attached hydrogen (secondary N) is 1. The summed E-state index contributed by atoms with van der Waals surface area (Å²) in [6, 6.07) is 12.6. The van der Waals surface area contributed by atoms with Crippen LogP contribution in [0.5, 0.6) is 0 Å². The van der Waals surface area contributed by atoms with Crippen LogP contribution in [0.4, 0.5) is 0 Å². The van der Waals surface area contributed by atoms with Crippen molar-refractivity contribution < 1.29 is 4.74 Å². The summed E-state index contributed by atoms with van der Waals surface area (Å²) in [5.41, 5.74) is 4.83. The van der Waals surface area contributed by atoms with Crippen molar-refractivity contribution in [2.75, 3.05) is 7.05 Å². The zero-order valence-electron chi connectivity index (χ0n) is 11.1. The predicted octanol–water partition coefficient (Wildman–Crippen LogP) is 4.44. The number of benzene rings is 2. The molecule has 2 nitrogen and oxygen atoms in total. The third kappa shape index (κ3) is 2.51. The van der Waals surface area contributed by atoms with Gasteiger partial charge >= 0.3 is 0 Å². The third-order valence-corrected chi connectivity index (χ3v) is 4.97. The van der Waals surface area contributed by atoms with Crippen LogP contribution in [0, 0.1) is 0 Å². The van der Waals surface area contributed by atoms with Gasteiger partial charge in [-0.3, -0.25) is 0 Å². The van der Waals surface area contributed by atoms with Crippen LogP contribution >= 0.6 is 27.5 Å². The smallest absolute Gasteiger partial charge is 0.0725 e. The molecule has 0 amide bonds. The normalized spacial score (nSPS) is 15.2. The minimum Gasteiger partial charge on any atom is -0.372 e. The Labute approximate surface area is 132 Å².